The van der Waals surface area contributed by atoms with Crippen molar-refractivity contribution in [1.82, 2.24) is 14.3 Å². The van der Waals surface area contributed by atoms with Crippen LogP contribution in [0.15, 0.2) is 22.8 Å². The van der Waals surface area contributed by atoms with E-state index in [2.05, 4.69) is 25.0 Å². The van der Waals surface area contributed by atoms with Gasteiger partial charge in [0, 0.05) is 12.1 Å². The smallest absolute Gasteiger partial charge is 0.230 e. The molecule has 7 nitrogen and oxygen atoms in total. The number of furan rings is 1. The van der Waals surface area contributed by atoms with Gasteiger partial charge in [-0.25, -0.2) is 4.98 Å². The molecule has 1 saturated carbocycles. The maximum Gasteiger partial charge on any atom is 0.230 e. The van der Waals surface area contributed by atoms with E-state index in [-0.39, 0.29) is 12.1 Å². The van der Waals surface area contributed by atoms with Crippen molar-refractivity contribution in [3.8, 4) is 0 Å². The Hall–Kier alpha value is -2.19. The van der Waals surface area contributed by atoms with Gasteiger partial charge in [0.1, 0.15) is 10.5 Å². The van der Waals surface area contributed by atoms with Crippen LogP contribution in [0.4, 0.5) is 16.8 Å². The van der Waals surface area contributed by atoms with Crippen LogP contribution in [-0.2, 0) is 0 Å². The summed E-state index contributed by atoms with van der Waals surface area (Å²) in [6.07, 6.45) is 4.92. The van der Waals surface area contributed by atoms with Gasteiger partial charge < -0.3 is 20.2 Å². The molecule has 1 aliphatic carbocycles. The average molecular weight is 345 g/mol. The highest BCUT2D eigenvalue weighted by Crippen LogP contribution is 2.28. The number of aryl methyl sites for hydroxylation is 1. The molecular formula is C16H19N5O2S. The number of anilines is 3. The summed E-state index contributed by atoms with van der Waals surface area (Å²) in [7, 11) is 0. The number of fused-ring (bicyclic) bond motifs is 1. The molecular weight excluding hydrogens is 326 g/mol. The van der Waals surface area contributed by atoms with E-state index >= 15 is 0 Å². The van der Waals surface area contributed by atoms with Gasteiger partial charge in [0.25, 0.3) is 0 Å². The molecule has 126 valence electrons. The Morgan fingerprint density at radius 2 is 2.08 bits per heavy atom. The second-order valence-corrected chi connectivity index (χ2v) is 6.94. The van der Waals surface area contributed by atoms with E-state index in [0.717, 1.165) is 41.9 Å². The summed E-state index contributed by atoms with van der Waals surface area (Å²) in [6, 6.07) is 4.08. The predicted octanol–water partition coefficient (Wildman–Crippen LogP) is 3.45. The van der Waals surface area contributed by atoms with Gasteiger partial charge in [0.2, 0.25) is 5.95 Å². The van der Waals surface area contributed by atoms with Gasteiger partial charge in [-0.05, 0) is 50.2 Å². The van der Waals surface area contributed by atoms with Crippen LogP contribution in [0, 0.1) is 6.92 Å². The van der Waals surface area contributed by atoms with Crippen LogP contribution in [0.1, 0.15) is 31.4 Å². The first-order valence-corrected chi connectivity index (χ1v) is 8.85. The van der Waals surface area contributed by atoms with Gasteiger partial charge in [0.05, 0.1) is 18.1 Å². The quantitative estimate of drug-likeness (QED) is 0.666. The molecule has 0 aromatic carbocycles. The van der Waals surface area contributed by atoms with Gasteiger partial charge >= 0.3 is 0 Å². The molecule has 24 heavy (non-hydrogen) atoms. The predicted molar refractivity (Wildman–Crippen MR) is 93.8 cm³/mol. The van der Waals surface area contributed by atoms with Crippen molar-refractivity contribution in [2.24, 2.45) is 0 Å². The third kappa shape index (κ3) is 3.20. The minimum Gasteiger partial charge on any atom is -0.459 e. The summed E-state index contributed by atoms with van der Waals surface area (Å²) in [5.41, 5.74) is 2.38. The first kappa shape index (κ1) is 15.3. The highest BCUT2D eigenvalue weighted by Gasteiger charge is 2.21. The van der Waals surface area contributed by atoms with E-state index in [1.807, 2.05) is 19.1 Å². The lowest BCUT2D eigenvalue weighted by atomic mass is 9.93. The number of aromatic nitrogens is 3. The monoisotopic (exact) mass is 345 g/mol. The number of nitrogens with zero attached hydrogens (tertiary/aromatic N) is 3. The Labute approximate surface area is 143 Å². The molecule has 3 aromatic rings. The zero-order valence-corrected chi connectivity index (χ0v) is 14.1. The van der Waals surface area contributed by atoms with Crippen LogP contribution in [0.3, 0.4) is 0 Å². The highest BCUT2D eigenvalue weighted by molar-refractivity contribution is 7.10. The topological polar surface area (TPSA) is 96.1 Å². The lowest BCUT2D eigenvalue weighted by Crippen LogP contribution is -2.28. The summed E-state index contributed by atoms with van der Waals surface area (Å²) in [5.74, 6) is 1.21. The molecule has 8 heteroatoms. The Balaban J connectivity index is 1.60. The third-order valence-corrected chi connectivity index (χ3v) is 5.00. The molecule has 3 N–H and O–H groups in total. The summed E-state index contributed by atoms with van der Waals surface area (Å²) in [5, 5.41) is 17.2. The second kappa shape index (κ2) is 6.37. The fourth-order valence-corrected chi connectivity index (χ4v) is 3.62. The van der Waals surface area contributed by atoms with E-state index in [1.54, 1.807) is 6.26 Å². The van der Waals surface area contributed by atoms with E-state index in [0.29, 0.717) is 17.3 Å². The summed E-state index contributed by atoms with van der Waals surface area (Å²) in [6.45, 7) is 1.95. The number of rotatable bonds is 4. The average Bonchev–Trinajstić information content (AvgIpc) is 3.19. The normalized spacial score (nSPS) is 21.1. The van der Waals surface area contributed by atoms with Crippen LogP contribution < -0.4 is 10.6 Å². The zero-order chi connectivity index (χ0) is 16.5. The Morgan fingerprint density at radius 3 is 2.83 bits per heavy atom. The molecule has 0 spiro atoms. The SMILES string of the molecule is Cc1cc(Nc2nc(N[C@H]3CC[C@H](O)CC3)c3occc3n2)sn1. The van der Waals surface area contributed by atoms with Crippen molar-refractivity contribution >= 4 is 39.4 Å². The number of hydrogen-bond acceptors (Lipinski definition) is 8. The Bertz CT molecular complexity index is 838. The standard InChI is InChI=1S/C16H19N5O2S/c1-9-8-13(24-21-9)19-16-18-12-6-7-23-14(12)15(20-16)17-10-2-4-11(22)5-3-10/h6-8,10-11,22H,2-5H2,1H3,(H2,17,18,19,20)/t10-,11-. The number of hydrogen-bond donors (Lipinski definition) is 3. The third-order valence-electron chi connectivity index (χ3n) is 4.20. The highest BCUT2D eigenvalue weighted by atomic mass is 32.1. The van der Waals surface area contributed by atoms with Gasteiger partial charge in [-0.3, -0.25) is 0 Å². The van der Waals surface area contributed by atoms with Crippen LogP contribution in [0.25, 0.3) is 11.1 Å². The van der Waals surface area contributed by atoms with Gasteiger partial charge in [-0.1, -0.05) is 0 Å². The Morgan fingerprint density at radius 1 is 1.25 bits per heavy atom. The van der Waals surface area contributed by atoms with Crippen molar-refractivity contribution in [2.75, 3.05) is 10.6 Å². The Kier molecular flexibility index (Phi) is 4.07. The van der Waals surface area contributed by atoms with Crippen LogP contribution in [0.2, 0.25) is 0 Å². The van der Waals surface area contributed by atoms with Gasteiger partial charge in [-0.15, -0.1) is 0 Å². The largest absolute Gasteiger partial charge is 0.459 e. The molecule has 0 radical (unpaired) electrons. The number of nitrogens with one attached hydrogen (secondary N) is 2. The summed E-state index contributed by atoms with van der Waals surface area (Å²) < 4.78 is 9.80. The van der Waals surface area contributed by atoms with E-state index in [1.165, 1.54) is 11.5 Å². The van der Waals surface area contributed by atoms with Crippen molar-refractivity contribution in [1.29, 1.82) is 0 Å². The molecule has 0 atom stereocenters. The molecule has 4 rings (SSSR count). The molecule has 0 amide bonds. The first-order valence-electron chi connectivity index (χ1n) is 8.07. The second-order valence-electron chi connectivity index (χ2n) is 6.14. The first-order chi connectivity index (χ1) is 11.7. The molecule has 3 heterocycles. The zero-order valence-electron chi connectivity index (χ0n) is 13.3. The molecule has 0 saturated heterocycles. The molecule has 0 unspecified atom stereocenters. The molecule has 1 fully saturated rings. The minimum absolute atomic E-state index is 0.177. The maximum absolute atomic E-state index is 9.66. The van der Waals surface area contributed by atoms with E-state index < -0.39 is 0 Å². The van der Waals surface area contributed by atoms with Gasteiger partial charge in [0.15, 0.2) is 11.4 Å². The van der Waals surface area contributed by atoms with Crippen molar-refractivity contribution in [3.63, 3.8) is 0 Å². The lowest BCUT2D eigenvalue weighted by Gasteiger charge is -2.26. The lowest BCUT2D eigenvalue weighted by molar-refractivity contribution is 0.126. The fourth-order valence-electron chi connectivity index (χ4n) is 2.96. The summed E-state index contributed by atoms with van der Waals surface area (Å²) in [4.78, 5) is 9.07. The molecule has 0 aliphatic heterocycles. The number of aliphatic hydroxyl groups is 1. The van der Waals surface area contributed by atoms with Crippen molar-refractivity contribution in [3.05, 3.63) is 24.1 Å². The van der Waals surface area contributed by atoms with Gasteiger partial charge in [-0.2, -0.15) is 9.36 Å². The van der Waals surface area contributed by atoms with Crippen LogP contribution >= 0.6 is 11.5 Å². The van der Waals surface area contributed by atoms with E-state index in [9.17, 15) is 5.11 Å². The minimum atomic E-state index is -0.177. The van der Waals surface area contributed by atoms with Crippen LogP contribution in [0.5, 0.6) is 0 Å². The fraction of sp³-hybridized carbons (Fsp3) is 0.438. The molecule has 1 aliphatic rings. The molecule has 3 aromatic heterocycles. The maximum atomic E-state index is 9.66. The van der Waals surface area contributed by atoms with E-state index in [4.69, 9.17) is 4.42 Å². The summed E-state index contributed by atoms with van der Waals surface area (Å²) >= 11 is 1.38. The van der Waals surface area contributed by atoms with Crippen LogP contribution in [-0.4, -0.2) is 31.6 Å². The van der Waals surface area contributed by atoms with Crippen molar-refractivity contribution < 1.29 is 9.52 Å². The van der Waals surface area contributed by atoms with Crippen molar-refractivity contribution in [2.45, 2.75) is 44.8 Å². The number of aliphatic hydroxyl groups excluding tert-OH is 1. The molecule has 0 bridgehead atoms.